The van der Waals surface area contributed by atoms with E-state index >= 15 is 0 Å². The Balaban J connectivity index is 2.34. The molecule has 0 amide bonds. The highest BCUT2D eigenvalue weighted by Crippen LogP contribution is 2.11. The summed E-state index contributed by atoms with van der Waals surface area (Å²) in [4.78, 5) is 24.1. The van der Waals surface area contributed by atoms with Crippen molar-refractivity contribution in [2.24, 2.45) is 7.05 Å². The van der Waals surface area contributed by atoms with Crippen molar-refractivity contribution in [1.82, 2.24) is 9.13 Å². The molecular weight excluding hydrogens is 266 g/mol. The Kier molecular flexibility index (Phi) is 3.23. The minimum atomic E-state index is -0.255. The van der Waals surface area contributed by atoms with E-state index in [9.17, 15) is 9.59 Å². The molecule has 0 fully saturated rings. The van der Waals surface area contributed by atoms with E-state index in [1.807, 2.05) is 36.4 Å². The standard InChI is InChI=1S/C16H14N3O2/c1-17-15(18-10-6-3-7-11-18)14(12-20)19(16(17)21)13-8-4-2-5-9-13/h2-12H,1H3/q+1. The molecule has 0 aliphatic heterocycles. The second-order valence-electron chi connectivity index (χ2n) is 4.62. The lowest BCUT2D eigenvalue weighted by Gasteiger charge is -2.01. The van der Waals surface area contributed by atoms with Gasteiger partial charge in [0, 0.05) is 0 Å². The van der Waals surface area contributed by atoms with Gasteiger partial charge in [-0.1, -0.05) is 24.3 Å². The fraction of sp³-hybridized carbons (Fsp3) is 0.0625. The summed E-state index contributed by atoms with van der Waals surface area (Å²) in [5.41, 5.74) is 0.738. The summed E-state index contributed by atoms with van der Waals surface area (Å²) < 4.78 is 4.64. The highest BCUT2D eigenvalue weighted by molar-refractivity contribution is 5.77. The highest BCUT2D eigenvalue weighted by atomic mass is 16.2. The summed E-state index contributed by atoms with van der Waals surface area (Å²) in [5, 5.41) is 0. The van der Waals surface area contributed by atoms with Crippen molar-refractivity contribution in [2.75, 3.05) is 0 Å². The molecule has 2 aromatic heterocycles. The Morgan fingerprint density at radius 1 is 1.00 bits per heavy atom. The second kappa shape index (κ2) is 5.20. The summed E-state index contributed by atoms with van der Waals surface area (Å²) in [6, 6.07) is 14.7. The molecule has 0 saturated heterocycles. The molecular formula is C16H14N3O2+. The summed E-state index contributed by atoms with van der Waals surface area (Å²) >= 11 is 0. The summed E-state index contributed by atoms with van der Waals surface area (Å²) in [6.07, 6.45) is 4.32. The van der Waals surface area contributed by atoms with Crippen LogP contribution in [0.2, 0.25) is 0 Å². The quantitative estimate of drug-likeness (QED) is 0.536. The normalized spacial score (nSPS) is 10.5. The maximum atomic E-state index is 12.5. The number of hydrogen-bond donors (Lipinski definition) is 0. The number of imidazole rings is 1. The first-order valence-electron chi connectivity index (χ1n) is 6.53. The molecule has 0 spiro atoms. The van der Waals surface area contributed by atoms with E-state index in [4.69, 9.17) is 0 Å². The number of hydrogen-bond acceptors (Lipinski definition) is 2. The van der Waals surface area contributed by atoms with Gasteiger partial charge in [0.25, 0.3) is 0 Å². The minimum Gasteiger partial charge on any atom is -0.296 e. The smallest absolute Gasteiger partial charge is 0.296 e. The SMILES string of the molecule is Cn1c(-[n+]2ccccc2)c(C=O)n(-c2ccccc2)c1=O. The summed E-state index contributed by atoms with van der Waals surface area (Å²) in [7, 11) is 1.66. The van der Waals surface area contributed by atoms with E-state index in [-0.39, 0.29) is 5.69 Å². The number of aromatic nitrogens is 3. The van der Waals surface area contributed by atoms with Gasteiger partial charge in [0.2, 0.25) is 0 Å². The van der Waals surface area contributed by atoms with E-state index in [0.717, 1.165) is 0 Å². The number of benzene rings is 1. The average molecular weight is 280 g/mol. The molecule has 0 atom stereocenters. The van der Waals surface area contributed by atoms with E-state index in [2.05, 4.69) is 0 Å². The number of carbonyl (C=O) groups is 1. The Morgan fingerprint density at radius 3 is 2.24 bits per heavy atom. The Morgan fingerprint density at radius 2 is 1.62 bits per heavy atom. The Labute approximate surface area is 121 Å². The number of carbonyl (C=O) groups excluding carboxylic acids is 1. The molecule has 0 aliphatic carbocycles. The molecule has 3 aromatic rings. The fourth-order valence-electron chi connectivity index (χ4n) is 2.39. The molecule has 5 heteroatoms. The summed E-state index contributed by atoms with van der Waals surface area (Å²) in [6.45, 7) is 0. The molecule has 0 unspecified atom stereocenters. The topological polar surface area (TPSA) is 47.9 Å². The third-order valence-electron chi connectivity index (χ3n) is 3.35. The van der Waals surface area contributed by atoms with Crippen molar-refractivity contribution in [2.45, 2.75) is 0 Å². The van der Waals surface area contributed by atoms with Crippen molar-refractivity contribution >= 4 is 6.29 Å². The molecule has 0 bridgehead atoms. The molecule has 104 valence electrons. The van der Waals surface area contributed by atoms with Crippen LogP contribution in [0.3, 0.4) is 0 Å². The van der Waals surface area contributed by atoms with Crippen LogP contribution in [-0.4, -0.2) is 15.4 Å². The van der Waals surface area contributed by atoms with Crippen LogP contribution in [0.15, 0.2) is 65.7 Å². The molecule has 21 heavy (non-hydrogen) atoms. The fourth-order valence-corrected chi connectivity index (χ4v) is 2.39. The molecule has 1 aromatic carbocycles. The lowest BCUT2D eigenvalue weighted by molar-refractivity contribution is -0.601. The Hall–Kier alpha value is -2.95. The van der Waals surface area contributed by atoms with Gasteiger partial charge in [0.05, 0.1) is 25.1 Å². The number of para-hydroxylation sites is 1. The third kappa shape index (κ3) is 2.08. The molecule has 0 N–H and O–H groups in total. The summed E-state index contributed by atoms with van der Waals surface area (Å²) in [5.74, 6) is 0.541. The first-order valence-corrected chi connectivity index (χ1v) is 6.53. The maximum Gasteiger partial charge on any atom is 0.420 e. The first-order chi connectivity index (χ1) is 10.2. The van der Waals surface area contributed by atoms with Crippen molar-refractivity contribution < 1.29 is 9.36 Å². The van der Waals surface area contributed by atoms with Gasteiger partial charge in [-0.2, -0.15) is 4.57 Å². The lowest BCUT2D eigenvalue weighted by Crippen LogP contribution is -2.34. The number of rotatable bonds is 3. The average Bonchev–Trinajstić information content (AvgIpc) is 2.80. The largest absolute Gasteiger partial charge is 0.420 e. The predicted octanol–water partition coefficient (Wildman–Crippen LogP) is 1.27. The zero-order valence-electron chi connectivity index (χ0n) is 11.5. The van der Waals surface area contributed by atoms with Crippen LogP contribution in [0.25, 0.3) is 11.5 Å². The predicted molar refractivity (Wildman–Crippen MR) is 77.9 cm³/mol. The Bertz CT molecular complexity index is 833. The van der Waals surface area contributed by atoms with Crippen molar-refractivity contribution in [3.8, 4) is 11.5 Å². The number of pyridine rings is 1. The van der Waals surface area contributed by atoms with Crippen LogP contribution in [0.5, 0.6) is 0 Å². The van der Waals surface area contributed by atoms with Gasteiger partial charge in [-0.25, -0.2) is 13.9 Å². The molecule has 2 heterocycles. The lowest BCUT2D eigenvalue weighted by atomic mass is 10.3. The number of nitrogens with zero attached hydrogens (tertiary/aromatic N) is 3. The molecule has 0 aliphatic rings. The van der Waals surface area contributed by atoms with Crippen LogP contribution >= 0.6 is 0 Å². The van der Waals surface area contributed by atoms with E-state index in [1.165, 1.54) is 9.13 Å². The van der Waals surface area contributed by atoms with Gasteiger partial charge in [0.15, 0.2) is 12.0 Å². The maximum absolute atomic E-state index is 12.5. The molecule has 5 nitrogen and oxygen atoms in total. The van der Waals surface area contributed by atoms with Crippen LogP contribution in [-0.2, 0) is 7.05 Å². The molecule has 3 rings (SSSR count). The number of aldehydes is 1. The van der Waals surface area contributed by atoms with Gasteiger partial charge in [0.1, 0.15) is 0 Å². The van der Waals surface area contributed by atoms with E-state index in [0.29, 0.717) is 23.5 Å². The zero-order chi connectivity index (χ0) is 14.8. The van der Waals surface area contributed by atoms with Crippen LogP contribution in [0.4, 0.5) is 0 Å². The van der Waals surface area contributed by atoms with Gasteiger partial charge in [-0.3, -0.25) is 4.79 Å². The third-order valence-corrected chi connectivity index (χ3v) is 3.35. The van der Waals surface area contributed by atoms with Gasteiger partial charge in [-0.05, 0) is 24.3 Å². The zero-order valence-corrected chi connectivity index (χ0v) is 11.5. The van der Waals surface area contributed by atoms with Crippen molar-refractivity contribution in [3.63, 3.8) is 0 Å². The second-order valence-corrected chi connectivity index (χ2v) is 4.62. The van der Waals surface area contributed by atoms with E-state index in [1.54, 1.807) is 36.1 Å². The van der Waals surface area contributed by atoms with Crippen molar-refractivity contribution in [1.29, 1.82) is 0 Å². The first kappa shape index (κ1) is 13.1. The molecule has 0 saturated carbocycles. The highest BCUT2D eigenvalue weighted by Gasteiger charge is 2.26. The van der Waals surface area contributed by atoms with Crippen LogP contribution < -0.4 is 10.3 Å². The van der Waals surface area contributed by atoms with Gasteiger partial charge < -0.3 is 0 Å². The van der Waals surface area contributed by atoms with Gasteiger partial charge >= 0.3 is 11.5 Å². The monoisotopic (exact) mass is 280 g/mol. The van der Waals surface area contributed by atoms with E-state index < -0.39 is 0 Å². The van der Waals surface area contributed by atoms with Crippen LogP contribution in [0, 0.1) is 0 Å². The van der Waals surface area contributed by atoms with Crippen molar-refractivity contribution in [3.05, 3.63) is 77.1 Å². The van der Waals surface area contributed by atoms with Crippen LogP contribution in [0.1, 0.15) is 10.5 Å². The van der Waals surface area contributed by atoms with Gasteiger partial charge in [-0.15, -0.1) is 0 Å². The minimum absolute atomic E-state index is 0.255. The molecule has 0 radical (unpaired) electrons.